The Morgan fingerprint density at radius 2 is 2.05 bits per heavy atom. The van der Waals surface area contributed by atoms with Crippen molar-refractivity contribution in [2.24, 2.45) is 5.41 Å². The quantitative estimate of drug-likeness (QED) is 0.869. The summed E-state index contributed by atoms with van der Waals surface area (Å²) >= 11 is 0. The third-order valence-corrected chi connectivity index (χ3v) is 5.01. The van der Waals surface area contributed by atoms with Gasteiger partial charge in [0.1, 0.15) is 0 Å². The van der Waals surface area contributed by atoms with Crippen molar-refractivity contribution in [2.75, 3.05) is 18.4 Å². The van der Waals surface area contributed by atoms with E-state index in [9.17, 15) is 9.59 Å². The van der Waals surface area contributed by atoms with E-state index >= 15 is 0 Å². The first-order valence-corrected chi connectivity index (χ1v) is 7.91. The second kappa shape index (κ2) is 5.95. The summed E-state index contributed by atoms with van der Waals surface area (Å²) in [5.74, 6) is -0.0985. The Morgan fingerprint density at radius 3 is 2.68 bits per heavy atom. The van der Waals surface area contributed by atoms with Gasteiger partial charge in [-0.15, -0.1) is 0 Å². The highest BCUT2D eigenvalue weighted by molar-refractivity contribution is 5.99. The van der Waals surface area contributed by atoms with Crippen LogP contribution in [0.3, 0.4) is 0 Å². The van der Waals surface area contributed by atoms with Crippen LogP contribution in [0.4, 0.5) is 5.69 Å². The number of hydrogen-bond donors (Lipinski definition) is 1. The highest BCUT2D eigenvalue weighted by Gasteiger charge is 2.43. The zero-order valence-corrected chi connectivity index (χ0v) is 12.8. The fraction of sp³-hybridized carbons (Fsp3) is 0.444. The normalized spacial score (nSPS) is 18.8. The zero-order chi connectivity index (χ0) is 15.6. The molecule has 1 saturated carbocycles. The molecule has 0 atom stereocenters. The molecule has 4 heteroatoms. The molecule has 2 fully saturated rings. The fourth-order valence-electron chi connectivity index (χ4n) is 3.49. The molecule has 1 saturated heterocycles. The van der Waals surface area contributed by atoms with E-state index in [0.29, 0.717) is 17.5 Å². The van der Waals surface area contributed by atoms with Gasteiger partial charge in [0.05, 0.1) is 6.42 Å². The molecule has 0 aromatic heterocycles. The number of carbonyl (C=O) groups is 2. The highest BCUT2D eigenvalue weighted by atomic mass is 16.2. The summed E-state index contributed by atoms with van der Waals surface area (Å²) < 4.78 is 0. The molecule has 1 spiro atoms. The van der Waals surface area contributed by atoms with Gasteiger partial charge in [-0.1, -0.05) is 31.2 Å². The van der Waals surface area contributed by atoms with Crippen molar-refractivity contribution in [1.82, 2.24) is 4.90 Å². The lowest BCUT2D eigenvalue weighted by Crippen LogP contribution is -2.36. The van der Waals surface area contributed by atoms with E-state index in [4.69, 9.17) is 0 Å². The monoisotopic (exact) mass is 298 g/mol. The number of carbonyl (C=O) groups excluding carboxylic acids is 2. The number of para-hydroxylation sites is 1. The van der Waals surface area contributed by atoms with Crippen LogP contribution in [0.1, 0.15) is 31.2 Å². The molecule has 3 rings (SSSR count). The Labute approximate surface area is 131 Å². The third-order valence-electron chi connectivity index (χ3n) is 5.01. The number of amides is 2. The lowest BCUT2D eigenvalue weighted by molar-refractivity contribution is -0.130. The molecule has 1 heterocycles. The second-order valence-electron chi connectivity index (χ2n) is 6.45. The van der Waals surface area contributed by atoms with Crippen LogP contribution in [0.2, 0.25) is 0 Å². The van der Waals surface area contributed by atoms with E-state index < -0.39 is 0 Å². The number of nitrogens with one attached hydrogen (secondary N) is 1. The zero-order valence-electron chi connectivity index (χ0n) is 12.8. The predicted molar refractivity (Wildman–Crippen MR) is 86.5 cm³/mol. The van der Waals surface area contributed by atoms with E-state index in [1.165, 1.54) is 25.3 Å². The van der Waals surface area contributed by atoms with Crippen LogP contribution in [-0.4, -0.2) is 29.8 Å². The molecular weight excluding hydrogens is 276 g/mol. The van der Waals surface area contributed by atoms with E-state index in [1.807, 2.05) is 29.2 Å². The van der Waals surface area contributed by atoms with Crippen LogP contribution in [0.5, 0.6) is 0 Å². The summed E-state index contributed by atoms with van der Waals surface area (Å²) in [6, 6.07) is 7.46. The van der Waals surface area contributed by atoms with Gasteiger partial charge in [-0.3, -0.25) is 9.59 Å². The molecule has 2 aliphatic rings. The van der Waals surface area contributed by atoms with E-state index in [-0.39, 0.29) is 11.8 Å². The highest BCUT2D eigenvalue weighted by Crippen LogP contribution is 2.48. The molecule has 1 aliphatic heterocycles. The minimum Gasteiger partial charge on any atom is -0.342 e. The van der Waals surface area contributed by atoms with Crippen LogP contribution >= 0.6 is 0 Å². The van der Waals surface area contributed by atoms with Gasteiger partial charge < -0.3 is 10.2 Å². The Bertz CT molecular complexity index is 605. The van der Waals surface area contributed by atoms with Crippen molar-refractivity contribution in [3.63, 3.8) is 0 Å². The molecule has 1 aliphatic carbocycles. The lowest BCUT2D eigenvalue weighted by atomic mass is 9.68. The van der Waals surface area contributed by atoms with Gasteiger partial charge in [-0.2, -0.15) is 0 Å². The first-order chi connectivity index (χ1) is 10.6. The maximum Gasteiger partial charge on any atom is 0.247 e. The molecule has 22 heavy (non-hydrogen) atoms. The van der Waals surface area contributed by atoms with Crippen molar-refractivity contribution in [3.8, 4) is 0 Å². The Hall–Kier alpha value is -2.10. The number of likely N-dealkylation sites (tertiary alicyclic amines) is 1. The fourth-order valence-corrected chi connectivity index (χ4v) is 3.49. The molecule has 1 aromatic carbocycles. The van der Waals surface area contributed by atoms with Gasteiger partial charge in [-0.05, 0) is 42.4 Å². The lowest BCUT2D eigenvalue weighted by Gasteiger charge is -2.38. The average Bonchev–Trinajstić information content (AvgIpc) is 2.95. The van der Waals surface area contributed by atoms with Crippen molar-refractivity contribution >= 4 is 17.5 Å². The third kappa shape index (κ3) is 2.91. The van der Waals surface area contributed by atoms with Crippen molar-refractivity contribution in [2.45, 2.75) is 32.1 Å². The van der Waals surface area contributed by atoms with Gasteiger partial charge in [0.25, 0.3) is 0 Å². The average molecular weight is 298 g/mol. The summed E-state index contributed by atoms with van der Waals surface area (Å²) in [7, 11) is 0. The van der Waals surface area contributed by atoms with Gasteiger partial charge >= 0.3 is 0 Å². The summed E-state index contributed by atoms with van der Waals surface area (Å²) in [6.07, 6.45) is 6.56. The molecule has 1 N–H and O–H groups in total. The number of nitrogens with zero attached hydrogens (tertiary/aromatic N) is 1. The Balaban J connectivity index is 1.66. The summed E-state index contributed by atoms with van der Waals surface area (Å²) in [5, 5.41) is 2.77. The van der Waals surface area contributed by atoms with Crippen LogP contribution in [0.25, 0.3) is 0 Å². The molecule has 0 bridgehead atoms. The molecule has 0 unspecified atom stereocenters. The SMILES string of the molecule is C=CC(=O)Nc1ccccc1CC(=O)N1CCC2(CCC2)C1. The number of hydrogen-bond acceptors (Lipinski definition) is 2. The number of anilines is 1. The topological polar surface area (TPSA) is 49.4 Å². The first kappa shape index (κ1) is 14.8. The molecule has 116 valence electrons. The molecular formula is C18H22N2O2. The van der Waals surface area contributed by atoms with Gasteiger partial charge in [0.15, 0.2) is 0 Å². The maximum absolute atomic E-state index is 12.5. The van der Waals surface area contributed by atoms with Crippen LogP contribution in [-0.2, 0) is 16.0 Å². The van der Waals surface area contributed by atoms with Gasteiger partial charge in [0.2, 0.25) is 11.8 Å². The second-order valence-corrected chi connectivity index (χ2v) is 6.45. The van der Waals surface area contributed by atoms with Crippen molar-refractivity contribution in [1.29, 1.82) is 0 Å². The van der Waals surface area contributed by atoms with E-state index in [2.05, 4.69) is 11.9 Å². The van der Waals surface area contributed by atoms with E-state index in [1.54, 1.807) is 0 Å². The standard InChI is InChI=1S/C18H22N2O2/c1-2-16(21)19-15-7-4-3-6-14(15)12-17(22)20-11-10-18(13-20)8-5-9-18/h2-4,6-7H,1,5,8-13H2,(H,19,21). The van der Waals surface area contributed by atoms with Crippen molar-refractivity contribution in [3.05, 3.63) is 42.5 Å². The molecule has 0 radical (unpaired) electrons. The summed E-state index contributed by atoms with van der Waals surface area (Å²) in [5.41, 5.74) is 1.97. The summed E-state index contributed by atoms with van der Waals surface area (Å²) in [4.78, 5) is 26.0. The predicted octanol–water partition coefficient (Wildman–Crippen LogP) is 2.76. The minimum atomic E-state index is -0.255. The number of rotatable bonds is 4. The first-order valence-electron chi connectivity index (χ1n) is 7.91. The molecule has 1 aromatic rings. The molecule has 2 amide bonds. The molecule has 4 nitrogen and oxygen atoms in total. The Kier molecular flexibility index (Phi) is 4.01. The van der Waals surface area contributed by atoms with Crippen molar-refractivity contribution < 1.29 is 9.59 Å². The summed E-state index contributed by atoms with van der Waals surface area (Å²) in [6.45, 7) is 5.24. The maximum atomic E-state index is 12.5. The van der Waals surface area contributed by atoms with Gasteiger partial charge in [0, 0.05) is 18.8 Å². The smallest absolute Gasteiger partial charge is 0.247 e. The minimum absolute atomic E-state index is 0.157. The largest absolute Gasteiger partial charge is 0.342 e. The number of benzene rings is 1. The van der Waals surface area contributed by atoms with Crippen LogP contribution < -0.4 is 5.32 Å². The van der Waals surface area contributed by atoms with Crippen LogP contribution in [0.15, 0.2) is 36.9 Å². The Morgan fingerprint density at radius 1 is 1.27 bits per heavy atom. The van der Waals surface area contributed by atoms with Crippen LogP contribution in [0, 0.1) is 5.41 Å². The van der Waals surface area contributed by atoms with Gasteiger partial charge in [-0.25, -0.2) is 0 Å². The van der Waals surface area contributed by atoms with E-state index in [0.717, 1.165) is 25.1 Å².